The van der Waals surface area contributed by atoms with Crippen LogP contribution < -0.4 is 4.90 Å². The molecule has 0 N–H and O–H groups in total. The van der Waals surface area contributed by atoms with Gasteiger partial charge < -0.3 is 0 Å². The quantitative estimate of drug-likeness (QED) is 0.442. The summed E-state index contributed by atoms with van der Waals surface area (Å²) in [6, 6.07) is 21.4. The number of rotatable bonds is 4. The second-order valence-electron chi connectivity index (χ2n) is 6.55. The lowest BCUT2D eigenvalue weighted by molar-refractivity contribution is -0.119. The van der Waals surface area contributed by atoms with Crippen LogP contribution in [0.1, 0.15) is 11.1 Å². The van der Waals surface area contributed by atoms with E-state index in [0.29, 0.717) is 31.8 Å². The predicted octanol–water partition coefficient (Wildman–Crippen LogP) is 6.38. The fraction of sp³-hybridized carbons (Fsp3) is 0.0435. The Morgan fingerprint density at radius 3 is 2.03 bits per heavy atom. The number of hydrogen-bond acceptors (Lipinski definition) is 3. The maximum atomic E-state index is 13.3. The van der Waals surface area contributed by atoms with Crippen molar-refractivity contribution >= 4 is 58.0 Å². The Labute approximate surface area is 182 Å². The molecule has 1 aliphatic heterocycles. The Morgan fingerprint density at radius 1 is 0.793 bits per heavy atom. The zero-order chi connectivity index (χ0) is 20.5. The number of nitrogens with zero attached hydrogens (tertiary/aromatic N) is 1. The van der Waals surface area contributed by atoms with Crippen LogP contribution in [0, 0.1) is 6.92 Å². The van der Waals surface area contributed by atoms with Gasteiger partial charge in [-0.15, -0.1) is 0 Å². The van der Waals surface area contributed by atoms with Crippen molar-refractivity contribution in [3.8, 4) is 0 Å². The van der Waals surface area contributed by atoms with Gasteiger partial charge in [0.2, 0.25) is 0 Å². The van der Waals surface area contributed by atoms with E-state index in [4.69, 9.17) is 23.2 Å². The highest BCUT2D eigenvalue weighted by atomic mass is 35.5. The van der Waals surface area contributed by atoms with E-state index in [1.807, 2.05) is 37.3 Å². The zero-order valence-corrected chi connectivity index (χ0v) is 17.7. The molecular weight excluding hydrogens is 425 g/mol. The molecule has 144 valence electrons. The molecule has 0 unspecified atom stereocenters. The van der Waals surface area contributed by atoms with Crippen LogP contribution in [0.15, 0.2) is 82.6 Å². The third-order valence-electron chi connectivity index (χ3n) is 4.47. The van der Waals surface area contributed by atoms with Crippen molar-refractivity contribution in [1.29, 1.82) is 0 Å². The molecule has 0 bridgehead atoms. The number of carbonyl (C=O) groups is 2. The van der Waals surface area contributed by atoms with Gasteiger partial charge in [-0.2, -0.15) is 0 Å². The van der Waals surface area contributed by atoms with E-state index in [1.165, 1.54) is 16.7 Å². The van der Waals surface area contributed by atoms with Crippen molar-refractivity contribution in [2.24, 2.45) is 0 Å². The van der Waals surface area contributed by atoms with Crippen LogP contribution >= 0.6 is 35.0 Å². The van der Waals surface area contributed by atoms with Gasteiger partial charge >= 0.3 is 0 Å². The summed E-state index contributed by atoms with van der Waals surface area (Å²) < 4.78 is 0. The largest absolute Gasteiger partial charge is 0.272 e. The maximum absolute atomic E-state index is 13.3. The Bertz CT molecular complexity index is 1140. The summed E-state index contributed by atoms with van der Waals surface area (Å²) in [5.41, 5.74) is 2.54. The first-order chi connectivity index (χ1) is 13.9. The SMILES string of the molecule is Cc1cccc(N2C(=O)C(Sc3ccc(Cl)cc3)=C(c3ccc(Cl)cc3)C2=O)c1. The van der Waals surface area contributed by atoms with E-state index in [-0.39, 0.29) is 11.8 Å². The van der Waals surface area contributed by atoms with Crippen molar-refractivity contribution in [2.75, 3.05) is 4.90 Å². The molecule has 0 fully saturated rings. The lowest BCUT2D eigenvalue weighted by Gasteiger charge is -2.15. The summed E-state index contributed by atoms with van der Waals surface area (Å²) in [5.74, 6) is -0.690. The third kappa shape index (κ3) is 3.97. The lowest BCUT2D eigenvalue weighted by atomic mass is 10.1. The number of thioether (sulfide) groups is 1. The van der Waals surface area contributed by atoms with Gasteiger partial charge in [0.15, 0.2) is 0 Å². The Hall–Kier alpha value is -2.53. The molecule has 4 rings (SSSR count). The number of aryl methyl sites for hydroxylation is 1. The number of imide groups is 1. The highest BCUT2D eigenvalue weighted by Crippen LogP contribution is 2.41. The molecule has 3 aromatic rings. The van der Waals surface area contributed by atoms with Crippen molar-refractivity contribution in [1.82, 2.24) is 0 Å². The maximum Gasteiger partial charge on any atom is 0.272 e. The minimum atomic E-state index is -0.348. The van der Waals surface area contributed by atoms with Gasteiger partial charge in [-0.05, 0) is 66.6 Å². The first-order valence-corrected chi connectivity index (χ1v) is 10.4. The molecule has 0 spiro atoms. The summed E-state index contributed by atoms with van der Waals surface area (Å²) in [4.78, 5) is 29.1. The van der Waals surface area contributed by atoms with Gasteiger partial charge in [-0.1, -0.05) is 59.2 Å². The Kier molecular flexibility index (Phi) is 5.50. The van der Waals surface area contributed by atoms with Crippen LogP contribution in [0.2, 0.25) is 10.0 Å². The van der Waals surface area contributed by atoms with E-state index >= 15 is 0 Å². The highest BCUT2D eigenvalue weighted by molar-refractivity contribution is 8.04. The molecule has 3 aromatic carbocycles. The van der Waals surface area contributed by atoms with E-state index in [9.17, 15) is 9.59 Å². The molecule has 0 radical (unpaired) electrons. The topological polar surface area (TPSA) is 37.4 Å². The molecule has 0 saturated heterocycles. The predicted molar refractivity (Wildman–Crippen MR) is 119 cm³/mol. The fourth-order valence-corrected chi connectivity index (χ4v) is 4.34. The van der Waals surface area contributed by atoms with Gasteiger partial charge in [-0.3, -0.25) is 9.59 Å². The van der Waals surface area contributed by atoms with E-state index in [0.717, 1.165) is 10.5 Å². The van der Waals surface area contributed by atoms with Crippen LogP contribution in [0.5, 0.6) is 0 Å². The molecule has 0 atom stereocenters. The van der Waals surface area contributed by atoms with E-state index in [2.05, 4.69) is 0 Å². The molecule has 29 heavy (non-hydrogen) atoms. The van der Waals surface area contributed by atoms with Gasteiger partial charge in [0.05, 0.1) is 16.2 Å². The average molecular weight is 440 g/mol. The van der Waals surface area contributed by atoms with Crippen LogP contribution in [-0.2, 0) is 9.59 Å². The van der Waals surface area contributed by atoms with Crippen LogP contribution in [0.3, 0.4) is 0 Å². The molecule has 3 nitrogen and oxygen atoms in total. The Balaban J connectivity index is 1.82. The van der Waals surface area contributed by atoms with Crippen LogP contribution in [0.4, 0.5) is 5.69 Å². The summed E-state index contributed by atoms with van der Waals surface area (Å²) in [6.45, 7) is 1.92. The molecule has 6 heteroatoms. The molecule has 1 aliphatic rings. The van der Waals surface area contributed by atoms with Gasteiger partial charge in [0.25, 0.3) is 11.8 Å². The first kappa shape index (κ1) is 19.8. The van der Waals surface area contributed by atoms with Gasteiger partial charge in [0, 0.05) is 14.9 Å². The molecule has 2 amide bonds. The highest BCUT2D eigenvalue weighted by Gasteiger charge is 2.40. The van der Waals surface area contributed by atoms with Crippen LogP contribution in [-0.4, -0.2) is 11.8 Å². The van der Waals surface area contributed by atoms with Crippen molar-refractivity contribution in [2.45, 2.75) is 11.8 Å². The average Bonchev–Trinajstić information content (AvgIpc) is 2.94. The van der Waals surface area contributed by atoms with E-state index < -0.39 is 0 Å². The van der Waals surface area contributed by atoms with Gasteiger partial charge in [0.1, 0.15) is 0 Å². The minimum absolute atomic E-state index is 0.342. The van der Waals surface area contributed by atoms with Crippen molar-refractivity contribution in [3.63, 3.8) is 0 Å². The summed E-state index contributed by atoms with van der Waals surface area (Å²) in [7, 11) is 0. The number of amides is 2. The monoisotopic (exact) mass is 439 g/mol. The number of halogens is 2. The fourth-order valence-electron chi connectivity index (χ4n) is 3.10. The number of anilines is 1. The summed E-state index contributed by atoms with van der Waals surface area (Å²) in [5, 5.41) is 1.17. The second kappa shape index (κ2) is 8.07. The van der Waals surface area contributed by atoms with Crippen LogP contribution in [0.25, 0.3) is 5.57 Å². The number of hydrogen-bond donors (Lipinski definition) is 0. The number of benzene rings is 3. The lowest BCUT2D eigenvalue weighted by Crippen LogP contribution is -2.31. The third-order valence-corrected chi connectivity index (χ3v) is 6.06. The smallest absolute Gasteiger partial charge is 0.268 e. The molecule has 0 saturated carbocycles. The minimum Gasteiger partial charge on any atom is -0.268 e. The Morgan fingerprint density at radius 2 is 1.41 bits per heavy atom. The standard InChI is InChI=1S/C23H15Cl2NO2S/c1-14-3-2-4-18(13-14)26-22(27)20(15-5-7-16(24)8-6-15)21(23(26)28)29-19-11-9-17(25)10-12-19/h2-13H,1H3. The normalized spacial score (nSPS) is 14.1. The molecular formula is C23H15Cl2NO2S. The zero-order valence-electron chi connectivity index (χ0n) is 15.4. The number of carbonyl (C=O) groups excluding carboxylic acids is 2. The van der Waals surface area contributed by atoms with E-state index in [1.54, 1.807) is 42.5 Å². The second-order valence-corrected chi connectivity index (χ2v) is 8.51. The van der Waals surface area contributed by atoms with Crippen molar-refractivity contribution < 1.29 is 9.59 Å². The van der Waals surface area contributed by atoms with Crippen molar-refractivity contribution in [3.05, 3.63) is 98.9 Å². The first-order valence-electron chi connectivity index (χ1n) is 8.83. The molecule has 0 aromatic heterocycles. The summed E-state index contributed by atoms with van der Waals surface area (Å²) in [6.07, 6.45) is 0. The summed E-state index contributed by atoms with van der Waals surface area (Å²) >= 11 is 13.2. The van der Waals surface area contributed by atoms with Gasteiger partial charge in [-0.25, -0.2) is 4.90 Å². The molecule has 0 aliphatic carbocycles. The molecule has 1 heterocycles.